The van der Waals surface area contributed by atoms with Gasteiger partial charge in [-0.15, -0.1) is 0 Å². The molecule has 2 fully saturated rings. The number of pyridine rings is 1. The van der Waals surface area contributed by atoms with Crippen molar-refractivity contribution in [1.82, 2.24) is 14.8 Å². The van der Waals surface area contributed by atoms with Gasteiger partial charge in [-0.3, -0.25) is 9.80 Å². The van der Waals surface area contributed by atoms with E-state index in [0.29, 0.717) is 18.0 Å². The van der Waals surface area contributed by atoms with E-state index in [4.69, 9.17) is 4.74 Å². The lowest BCUT2D eigenvalue weighted by molar-refractivity contribution is 0.0226. The van der Waals surface area contributed by atoms with Crippen LogP contribution in [0.3, 0.4) is 0 Å². The Bertz CT molecular complexity index is 727. The summed E-state index contributed by atoms with van der Waals surface area (Å²) in [6, 6.07) is 16.1. The number of piperazine rings is 1. The molecule has 150 valence electrons. The van der Waals surface area contributed by atoms with Crippen LogP contribution in [0.15, 0.2) is 48.7 Å². The first kappa shape index (κ1) is 19.4. The summed E-state index contributed by atoms with van der Waals surface area (Å²) in [4.78, 5) is 9.65. The van der Waals surface area contributed by atoms with Crippen LogP contribution in [0.4, 0.5) is 0 Å². The number of nitrogens with zero attached hydrogens (tertiary/aromatic N) is 3. The summed E-state index contributed by atoms with van der Waals surface area (Å²) in [5.74, 6) is 1.47. The lowest BCUT2D eigenvalue weighted by Gasteiger charge is -2.46. The van der Waals surface area contributed by atoms with Crippen LogP contribution in [0.2, 0.25) is 0 Å². The predicted octanol–water partition coefficient (Wildman–Crippen LogP) is 5.27. The highest BCUT2D eigenvalue weighted by Crippen LogP contribution is 2.30. The molecule has 2 heterocycles. The van der Waals surface area contributed by atoms with Gasteiger partial charge in [0.1, 0.15) is 5.75 Å². The van der Waals surface area contributed by atoms with Crippen molar-refractivity contribution in [3.8, 4) is 11.6 Å². The lowest BCUT2D eigenvalue weighted by Crippen LogP contribution is -2.55. The molecule has 1 aliphatic heterocycles. The first-order valence-electron chi connectivity index (χ1n) is 10.9. The average molecular weight is 380 g/mol. The molecule has 1 aliphatic carbocycles. The summed E-state index contributed by atoms with van der Waals surface area (Å²) in [6.45, 7) is 8.30. The van der Waals surface area contributed by atoms with Gasteiger partial charge >= 0.3 is 0 Å². The van der Waals surface area contributed by atoms with Crippen LogP contribution in [0.1, 0.15) is 57.6 Å². The lowest BCUT2D eigenvalue weighted by atomic mass is 9.93. The Hall–Kier alpha value is -1.91. The zero-order valence-corrected chi connectivity index (χ0v) is 17.3. The Balaban J connectivity index is 1.35. The molecule has 0 N–H and O–H groups in total. The second kappa shape index (κ2) is 9.06. The molecule has 2 unspecified atom stereocenters. The summed E-state index contributed by atoms with van der Waals surface area (Å²) in [5, 5.41) is 0. The van der Waals surface area contributed by atoms with E-state index < -0.39 is 0 Å². The van der Waals surface area contributed by atoms with Crippen LogP contribution < -0.4 is 4.74 Å². The third kappa shape index (κ3) is 4.56. The maximum atomic E-state index is 5.83. The number of ether oxygens (including phenoxy) is 1. The van der Waals surface area contributed by atoms with Gasteiger partial charge in [-0.05, 0) is 50.5 Å². The highest BCUT2D eigenvalue weighted by molar-refractivity contribution is 5.31. The molecular formula is C24H33N3O. The van der Waals surface area contributed by atoms with Crippen molar-refractivity contribution in [2.24, 2.45) is 0 Å². The van der Waals surface area contributed by atoms with Crippen LogP contribution in [0.25, 0.3) is 0 Å². The zero-order chi connectivity index (χ0) is 19.3. The van der Waals surface area contributed by atoms with Crippen LogP contribution in [-0.2, 0) is 0 Å². The standard InChI is InChI=1S/C24H33N3O/c1-19-18-26(22-8-4-3-5-9-22)16-17-27(19)20(2)21-11-13-23(14-12-21)28-24-10-6-7-15-25-24/h6-7,10-15,19-20,22H,3-5,8-9,16-18H2,1-2H3. The van der Waals surface area contributed by atoms with E-state index in [1.165, 1.54) is 50.8 Å². The first-order valence-corrected chi connectivity index (χ1v) is 10.9. The minimum Gasteiger partial charge on any atom is -0.439 e. The Morgan fingerprint density at radius 2 is 1.79 bits per heavy atom. The SMILES string of the molecule is CC1CN(C2CCCCC2)CCN1C(C)c1ccc(Oc2ccccn2)cc1. The van der Waals surface area contributed by atoms with Gasteiger partial charge in [-0.2, -0.15) is 0 Å². The van der Waals surface area contributed by atoms with E-state index in [-0.39, 0.29) is 0 Å². The summed E-state index contributed by atoms with van der Waals surface area (Å²) in [7, 11) is 0. The van der Waals surface area contributed by atoms with E-state index in [0.717, 1.165) is 18.3 Å². The van der Waals surface area contributed by atoms with Gasteiger partial charge in [-0.25, -0.2) is 4.98 Å². The Labute approximate surface area is 169 Å². The summed E-state index contributed by atoms with van der Waals surface area (Å²) in [6.07, 6.45) is 8.83. The van der Waals surface area contributed by atoms with Gasteiger partial charge in [0.25, 0.3) is 0 Å². The normalized spacial score (nSPS) is 23.4. The Kier molecular flexibility index (Phi) is 6.28. The molecule has 1 aromatic heterocycles. The maximum absolute atomic E-state index is 5.83. The molecule has 1 saturated carbocycles. The molecule has 0 bridgehead atoms. The van der Waals surface area contributed by atoms with Gasteiger partial charge in [0, 0.05) is 50.0 Å². The molecule has 2 atom stereocenters. The third-order valence-corrected chi connectivity index (χ3v) is 6.52. The molecule has 1 aromatic carbocycles. The fraction of sp³-hybridized carbons (Fsp3) is 0.542. The Morgan fingerprint density at radius 3 is 2.46 bits per heavy atom. The van der Waals surface area contributed by atoms with Crippen LogP contribution in [-0.4, -0.2) is 46.5 Å². The summed E-state index contributed by atoms with van der Waals surface area (Å²) < 4.78 is 5.83. The molecule has 28 heavy (non-hydrogen) atoms. The van der Waals surface area contributed by atoms with Crippen molar-refractivity contribution in [2.75, 3.05) is 19.6 Å². The number of benzene rings is 1. The molecule has 4 nitrogen and oxygen atoms in total. The fourth-order valence-corrected chi connectivity index (χ4v) is 4.89. The molecule has 4 rings (SSSR count). The second-order valence-electron chi connectivity index (χ2n) is 8.39. The van der Waals surface area contributed by atoms with E-state index in [2.05, 4.69) is 52.9 Å². The zero-order valence-electron chi connectivity index (χ0n) is 17.3. The monoisotopic (exact) mass is 379 g/mol. The fourth-order valence-electron chi connectivity index (χ4n) is 4.89. The smallest absolute Gasteiger partial charge is 0.219 e. The number of rotatable bonds is 5. The quantitative estimate of drug-likeness (QED) is 0.707. The summed E-state index contributed by atoms with van der Waals surface area (Å²) in [5.41, 5.74) is 1.35. The maximum Gasteiger partial charge on any atom is 0.219 e. The van der Waals surface area contributed by atoms with Crippen LogP contribution in [0, 0.1) is 0 Å². The molecule has 0 amide bonds. The van der Waals surface area contributed by atoms with Crippen molar-refractivity contribution in [2.45, 2.75) is 64.1 Å². The second-order valence-corrected chi connectivity index (χ2v) is 8.39. The highest BCUT2D eigenvalue weighted by atomic mass is 16.5. The van der Waals surface area contributed by atoms with Gasteiger partial charge in [0.05, 0.1) is 0 Å². The van der Waals surface area contributed by atoms with Gasteiger partial charge in [0.15, 0.2) is 0 Å². The van der Waals surface area contributed by atoms with Crippen molar-refractivity contribution in [1.29, 1.82) is 0 Å². The minimum absolute atomic E-state index is 0.424. The number of hydrogen-bond donors (Lipinski definition) is 0. The highest BCUT2D eigenvalue weighted by Gasteiger charge is 2.31. The van der Waals surface area contributed by atoms with Crippen molar-refractivity contribution >= 4 is 0 Å². The van der Waals surface area contributed by atoms with Crippen molar-refractivity contribution < 1.29 is 4.74 Å². The van der Waals surface area contributed by atoms with E-state index in [1.807, 2.05) is 18.2 Å². The van der Waals surface area contributed by atoms with Crippen molar-refractivity contribution in [3.05, 3.63) is 54.2 Å². The molecule has 2 aromatic rings. The van der Waals surface area contributed by atoms with Crippen molar-refractivity contribution in [3.63, 3.8) is 0 Å². The molecule has 4 heteroatoms. The molecular weight excluding hydrogens is 346 g/mol. The average Bonchev–Trinajstić information content (AvgIpc) is 2.75. The molecule has 2 aliphatic rings. The molecule has 0 radical (unpaired) electrons. The van der Waals surface area contributed by atoms with E-state index in [9.17, 15) is 0 Å². The van der Waals surface area contributed by atoms with Gasteiger partial charge < -0.3 is 4.74 Å². The molecule has 0 spiro atoms. The van der Waals surface area contributed by atoms with E-state index >= 15 is 0 Å². The van der Waals surface area contributed by atoms with Crippen LogP contribution >= 0.6 is 0 Å². The Morgan fingerprint density at radius 1 is 1.00 bits per heavy atom. The van der Waals surface area contributed by atoms with E-state index in [1.54, 1.807) is 6.20 Å². The largest absolute Gasteiger partial charge is 0.439 e. The van der Waals surface area contributed by atoms with Gasteiger partial charge in [-0.1, -0.05) is 37.5 Å². The first-order chi connectivity index (χ1) is 13.7. The topological polar surface area (TPSA) is 28.6 Å². The molecule has 1 saturated heterocycles. The summed E-state index contributed by atoms with van der Waals surface area (Å²) >= 11 is 0. The third-order valence-electron chi connectivity index (χ3n) is 6.52. The van der Waals surface area contributed by atoms with Crippen LogP contribution in [0.5, 0.6) is 11.6 Å². The number of hydrogen-bond acceptors (Lipinski definition) is 4. The number of aromatic nitrogens is 1. The predicted molar refractivity (Wildman–Crippen MR) is 114 cm³/mol. The van der Waals surface area contributed by atoms with Gasteiger partial charge in [0.2, 0.25) is 5.88 Å². The minimum atomic E-state index is 0.424.